The number of thiophene rings is 1. The third-order valence-electron chi connectivity index (χ3n) is 4.17. The van der Waals surface area contributed by atoms with Crippen molar-refractivity contribution in [3.05, 3.63) is 52.7 Å². The van der Waals surface area contributed by atoms with Gasteiger partial charge in [0.1, 0.15) is 17.0 Å². The first-order chi connectivity index (χ1) is 11.1. The number of nitrogens with one attached hydrogen (secondary N) is 1. The lowest BCUT2D eigenvalue weighted by molar-refractivity contribution is -0.0379. The summed E-state index contributed by atoms with van der Waals surface area (Å²) >= 11 is 1.72. The number of fused-ring (bicyclic) bond motifs is 3. The Labute approximate surface area is 139 Å². The minimum absolute atomic E-state index is 0.131. The highest BCUT2D eigenvalue weighted by atomic mass is 32.1. The van der Waals surface area contributed by atoms with Crippen molar-refractivity contribution in [1.29, 1.82) is 0 Å². The largest absolute Gasteiger partial charge is 0.370 e. The van der Waals surface area contributed by atoms with Crippen LogP contribution in [0.2, 0.25) is 0 Å². The second-order valence-corrected chi connectivity index (χ2v) is 7.55. The third kappa shape index (κ3) is 2.82. The number of aromatic nitrogens is 2. The SMILES string of the molecule is CC1(C)Cc2c(sc3ncnc(NCc4ccccc4)c23)CO1. The van der Waals surface area contributed by atoms with Crippen LogP contribution in [-0.4, -0.2) is 15.6 Å². The molecule has 1 aliphatic heterocycles. The topological polar surface area (TPSA) is 47.0 Å². The van der Waals surface area contributed by atoms with Gasteiger partial charge in [0.15, 0.2) is 0 Å². The average Bonchev–Trinajstić information content (AvgIpc) is 2.91. The molecule has 0 spiro atoms. The van der Waals surface area contributed by atoms with Crippen LogP contribution in [0.3, 0.4) is 0 Å². The molecule has 5 heteroatoms. The maximum atomic E-state index is 5.93. The third-order valence-corrected chi connectivity index (χ3v) is 5.28. The van der Waals surface area contributed by atoms with Crippen LogP contribution < -0.4 is 5.32 Å². The molecule has 1 aliphatic rings. The van der Waals surface area contributed by atoms with Crippen LogP contribution in [0.25, 0.3) is 10.2 Å². The lowest BCUT2D eigenvalue weighted by atomic mass is 9.94. The zero-order valence-electron chi connectivity index (χ0n) is 13.3. The molecular formula is C18H19N3OS. The van der Waals surface area contributed by atoms with Crippen LogP contribution in [0.5, 0.6) is 0 Å². The number of hydrogen-bond donors (Lipinski definition) is 1. The van der Waals surface area contributed by atoms with Crippen LogP contribution in [0, 0.1) is 0 Å². The average molecular weight is 325 g/mol. The van der Waals surface area contributed by atoms with E-state index in [1.807, 2.05) is 6.07 Å². The molecule has 0 radical (unpaired) electrons. The first-order valence-corrected chi connectivity index (χ1v) is 8.61. The highest BCUT2D eigenvalue weighted by molar-refractivity contribution is 7.18. The molecule has 0 saturated heterocycles. The van der Waals surface area contributed by atoms with E-state index in [-0.39, 0.29) is 5.60 Å². The molecule has 3 aromatic rings. The molecular weight excluding hydrogens is 306 g/mol. The fourth-order valence-electron chi connectivity index (χ4n) is 2.99. The van der Waals surface area contributed by atoms with E-state index < -0.39 is 0 Å². The maximum absolute atomic E-state index is 5.93. The normalized spacial score (nSPS) is 16.3. The van der Waals surface area contributed by atoms with Gasteiger partial charge in [0.25, 0.3) is 0 Å². The summed E-state index contributed by atoms with van der Waals surface area (Å²) in [4.78, 5) is 11.3. The fraction of sp³-hybridized carbons (Fsp3) is 0.333. The number of benzene rings is 1. The Kier molecular flexibility index (Phi) is 3.54. The lowest BCUT2D eigenvalue weighted by Gasteiger charge is -2.30. The molecule has 23 heavy (non-hydrogen) atoms. The highest BCUT2D eigenvalue weighted by Crippen LogP contribution is 2.40. The summed E-state index contributed by atoms with van der Waals surface area (Å²) in [6.45, 7) is 5.71. The Morgan fingerprint density at radius 2 is 2.04 bits per heavy atom. The first-order valence-electron chi connectivity index (χ1n) is 7.79. The van der Waals surface area contributed by atoms with Gasteiger partial charge in [-0.25, -0.2) is 9.97 Å². The second-order valence-electron chi connectivity index (χ2n) is 6.47. The van der Waals surface area contributed by atoms with Crippen LogP contribution in [0.4, 0.5) is 5.82 Å². The Balaban J connectivity index is 1.71. The van der Waals surface area contributed by atoms with Crippen molar-refractivity contribution < 1.29 is 4.74 Å². The van der Waals surface area contributed by atoms with Gasteiger partial charge in [0, 0.05) is 17.8 Å². The summed E-state index contributed by atoms with van der Waals surface area (Å²) in [5, 5.41) is 4.65. The van der Waals surface area contributed by atoms with Crippen LogP contribution in [0.1, 0.15) is 29.9 Å². The predicted molar refractivity (Wildman–Crippen MR) is 93.8 cm³/mol. The van der Waals surface area contributed by atoms with Crippen LogP contribution >= 0.6 is 11.3 Å². The van der Waals surface area contributed by atoms with Gasteiger partial charge in [-0.15, -0.1) is 11.3 Å². The molecule has 4 nitrogen and oxygen atoms in total. The van der Waals surface area contributed by atoms with E-state index in [0.717, 1.165) is 23.6 Å². The quantitative estimate of drug-likeness (QED) is 0.785. The van der Waals surface area contributed by atoms with Crippen molar-refractivity contribution in [3.63, 3.8) is 0 Å². The molecule has 0 saturated carbocycles. The number of rotatable bonds is 3. The minimum atomic E-state index is -0.131. The molecule has 2 aromatic heterocycles. The number of ether oxygens (including phenoxy) is 1. The van der Waals surface area contributed by atoms with Crippen molar-refractivity contribution >= 4 is 27.4 Å². The van der Waals surface area contributed by atoms with Crippen LogP contribution in [-0.2, 0) is 24.3 Å². The zero-order chi connectivity index (χ0) is 15.9. The number of nitrogens with zero attached hydrogens (tertiary/aromatic N) is 2. The summed E-state index contributed by atoms with van der Waals surface area (Å²) in [5.74, 6) is 0.925. The van der Waals surface area contributed by atoms with Gasteiger partial charge in [-0.1, -0.05) is 30.3 Å². The molecule has 0 aliphatic carbocycles. The standard InChI is InChI=1S/C18H19N3OS/c1-18(2)8-13-14(10-22-18)23-17-15(13)16(20-11-21-17)19-9-12-6-4-3-5-7-12/h3-7,11H,8-10H2,1-2H3,(H,19,20,21). The van der Waals surface area contributed by atoms with E-state index in [1.54, 1.807) is 17.7 Å². The Hall–Kier alpha value is -1.98. The molecule has 0 amide bonds. The Morgan fingerprint density at radius 1 is 1.22 bits per heavy atom. The molecule has 0 unspecified atom stereocenters. The molecule has 4 rings (SSSR count). The molecule has 118 valence electrons. The zero-order valence-corrected chi connectivity index (χ0v) is 14.1. The molecule has 3 heterocycles. The van der Waals surface area contributed by atoms with Gasteiger partial charge < -0.3 is 10.1 Å². The van der Waals surface area contributed by atoms with E-state index in [2.05, 4.69) is 53.4 Å². The van der Waals surface area contributed by atoms with Crippen molar-refractivity contribution in [2.24, 2.45) is 0 Å². The lowest BCUT2D eigenvalue weighted by Crippen LogP contribution is -2.31. The molecule has 0 atom stereocenters. The van der Waals surface area contributed by atoms with E-state index in [4.69, 9.17) is 4.74 Å². The van der Waals surface area contributed by atoms with E-state index in [9.17, 15) is 0 Å². The highest BCUT2D eigenvalue weighted by Gasteiger charge is 2.30. The van der Waals surface area contributed by atoms with E-state index in [1.165, 1.54) is 21.4 Å². The van der Waals surface area contributed by atoms with Gasteiger partial charge in [0.05, 0.1) is 17.6 Å². The smallest absolute Gasteiger partial charge is 0.138 e. The molecule has 0 fully saturated rings. The molecule has 1 aromatic carbocycles. The van der Waals surface area contributed by atoms with Crippen molar-refractivity contribution in [2.45, 2.75) is 39.0 Å². The van der Waals surface area contributed by atoms with Crippen molar-refractivity contribution in [2.75, 3.05) is 5.32 Å². The number of anilines is 1. The van der Waals surface area contributed by atoms with Crippen molar-refractivity contribution in [3.8, 4) is 0 Å². The second kappa shape index (κ2) is 5.58. The van der Waals surface area contributed by atoms with Gasteiger partial charge in [-0.3, -0.25) is 0 Å². The summed E-state index contributed by atoms with van der Waals surface area (Å²) in [6.07, 6.45) is 2.54. The van der Waals surface area contributed by atoms with E-state index >= 15 is 0 Å². The predicted octanol–water partition coefficient (Wildman–Crippen LogP) is 4.15. The fourth-order valence-corrected chi connectivity index (χ4v) is 4.06. The van der Waals surface area contributed by atoms with Crippen molar-refractivity contribution in [1.82, 2.24) is 9.97 Å². The van der Waals surface area contributed by atoms with Gasteiger partial charge in [-0.2, -0.15) is 0 Å². The summed E-state index contributed by atoms with van der Waals surface area (Å²) in [6, 6.07) is 10.4. The van der Waals surface area contributed by atoms with Gasteiger partial charge in [0.2, 0.25) is 0 Å². The summed E-state index contributed by atoms with van der Waals surface area (Å²) < 4.78 is 5.93. The van der Waals surface area contributed by atoms with Crippen LogP contribution in [0.15, 0.2) is 36.7 Å². The summed E-state index contributed by atoms with van der Waals surface area (Å²) in [5.41, 5.74) is 2.46. The van der Waals surface area contributed by atoms with Gasteiger partial charge >= 0.3 is 0 Å². The molecule has 1 N–H and O–H groups in total. The maximum Gasteiger partial charge on any atom is 0.138 e. The number of hydrogen-bond acceptors (Lipinski definition) is 5. The molecule has 0 bridgehead atoms. The Morgan fingerprint density at radius 3 is 2.87 bits per heavy atom. The monoisotopic (exact) mass is 325 g/mol. The van der Waals surface area contributed by atoms with Gasteiger partial charge in [-0.05, 0) is 25.0 Å². The minimum Gasteiger partial charge on any atom is -0.370 e. The van der Waals surface area contributed by atoms with E-state index in [0.29, 0.717) is 6.61 Å². The first kappa shape index (κ1) is 14.6. The Bertz CT molecular complexity index is 842. The summed E-state index contributed by atoms with van der Waals surface area (Å²) in [7, 11) is 0.